The molecule has 0 radical (unpaired) electrons. The standard InChI is InChI=1S/C17H23N5O2S/c1-11-7-12(2)16(13(3)8-11)20-17-19-15(9-18-21-17)22(4)14-5-6-25(23,24)10-14/h7-9,14H,5-6,10H2,1-4H3,(H,19,20,21). The Kier molecular flexibility index (Phi) is 4.64. The largest absolute Gasteiger partial charge is 0.354 e. The molecule has 2 heterocycles. The number of aryl methyl sites for hydroxylation is 3. The Labute approximate surface area is 148 Å². The summed E-state index contributed by atoms with van der Waals surface area (Å²) in [7, 11) is -1.09. The molecule has 1 unspecified atom stereocenters. The minimum absolute atomic E-state index is 0.0719. The van der Waals surface area contributed by atoms with Gasteiger partial charge >= 0.3 is 0 Å². The molecule has 0 bridgehead atoms. The van der Waals surface area contributed by atoms with Crippen molar-refractivity contribution in [2.45, 2.75) is 33.2 Å². The fourth-order valence-electron chi connectivity index (χ4n) is 3.27. The molecule has 2 aromatic rings. The van der Waals surface area contributed by atoms with Crippen LogP contribution in [0.1, 0.15) is 23.1 Å². The summed E-state index contributed by atoms with van der Waals surface area (Å²) < 4.78 is 23.4. The van der Waals surface area contributed by atoms with Gasteiger partial charge in [-0.1, -0.05) is 17.7 Å². The van der Waals surface area contributed by atoms with E-state index in [9.17, 15) is 8.42 Å². The van der Waals surface area contributed by atoms with Crippen molar-refractivity contribution in [2.75, 3.05) is 28.8 Å². The van der Waals surface area contributed by atoms with Gasteiger partial charge in [0, 0.05) is 18.8 Å². The van der Waals surface area contributed by atoms with Gasteiger partial charge in [-0.05, 0) is 38.3 Å². The number of nitrogens with one attached hydrogen (secondary N) is 1. The number of anilines is 3. The maximum atomic E-state index is 11.7. The Hall–Kier alpha value is -2.22. The van der Waals surface area contributed by atoms with Gasteiger partial charge in [-0.3, -0.25) is 0 Å². The lowest BCUT2D eigenvalue weighted by molar-refractivity contribution is 0.600. The topological polar surface area (TPSA) is 88.1 Å². The molecule has 0 saturated carbocycles. The Morgan fingerprint density at radius 2 is 1.88 bits per heavy atom. The van der Waals surface area contributed by atoms with Crippen molar-refractivity contribution in [1.82, 2.24) is 15.2 Å². The van der Waals surface area contributed by atoms with Crippen LogP contribution in [0.2, 0.25) is 0 Å². The number of benzene rings is 1. The number of rotatable bonds is 4. The van der Waals surface area contributed by atoms with Crippen molar-refractivity contribution in [3.05, 3.63) is 35.0 Å². The van der Waals surface area contributed by atoms with Gasteiger partial charge in [-0.25, -0.2) is 8.42 Å². The molecule has 0 amide bonds. The lowest BCUT2D eigenvalue weighted by atomic mass is 10.1. The summed E-state index contributed by atoms with van der Waals surface area (Å²) in [6.45, 7) is 6.14. The van der Waals surface area contributed by atoms with Crippen LogP contribution in [0, 0.1) is 20.8 Å². The van der Waals surface area contributed by atoms with Gasteiger partial charge in [0.15, 0.2) is 15.7 Å². The first-order chi connectivity index (χ1) is 11.7. The summed E-state index contributed by atoms with van der Waals surface area (Å²) >= 11 is 0. The van der Waals surface area contributed by atoms with Crippen LogP contribution in [0.15, 0.2) is 18.3 Å². The third kappa shape index (κ3) is 3.89. The Bertz CT molecular complexity index is 875. The lowest BCUT2D eigenvalue weighted by Crippen LogP contribution is -2.33. The summed E-state index contributed by atoms with van der Waals surface area (Å²) in [5.74, 6) is 1.40. The van der Waals surface area contributed by atoms with Gasteiger partial charge in [-0.15, -0.1) is 5.10 Å². The molecule has 1 saturated heterocycles. The summed E-state index contributed by atoms with van der Waals surface area (Å²) in [4.78, 5) is 6.39. The van der Waals surface area contributed by atoms with Crippen molar-refractivity contribution in [2.24, 2.45) is 0 Å². The maximum absolute atomic E-state index is 11.7. The number of hydrogen-bond donors (Lipinski definition) is 1. The third-order valence-corrected chi connectivity index (χ3v) is 6.33. The highest BCUT2D eigenvalue weighted by Gasteiger charge is 2.31. The first kappa shape index (κ1) is 17.6. The third-order valence-electron chi connectivity index (χ3n) is 4.58. The SMILES string of the molecule is Cc1cc(C)c(Nc2nncc(N(C)C3CCS(=O)(=O)C3)n2)c(C)c1. The highest BCUT2D eigenvalue weighted by molar-refractivity contribution is 7.91. The van der Waals surface area contributed by atoms with E-state index in [0.29, 0.717) is 18.2 Å². The van der Waals surface area contributed by atoms with E-state index in [-0.39, 0.29) is 17.5 Å². The highest BCUT2D eigenvalue weighted by atomic mass is 32.2. The van der Waals surface area contributed by atoms with E-state index in [1.807, 2.05) is 25.8 Å². The van der Waals surface area contributed by atoms with E-state index in [4.69, 9.17) is 0 Å². The minimum atomic E-state index is -2.94. The molecule has 1 aliphatic heterocycles. The van der Waals surface area contributed by atoms with Crippen molar-refractivity contribution in [3.63, 3.8) is 0 Å². The zero-order valence-electron chi connectivity index (χ0n) is 14.9. The number of sulfone groups is 1. The van der Waals surface area contributed by atoms with Gasteiger partial charge in [0.1, 0.15) is 0 Å². The summed E-state index contributed by atoms with van der Waals surface area (Å²) in [5, 5.41) is 11.3. The van der Waals surface area contributed by atoms with E-state index in [1.165, 1.54) is 5.56 Å². The van der Waals surface area contributed by atoms with Crippen LogP contribution in [0.25, 0.3) is 0 Å². The molecule has 8 heteroatoms. The molecule has 7 nitrogen and oxygen atoms in total. The van der Waals surface area contributed by atoms with Crippen LogP contribution in [-0.4, -0.2) is 48.2 Å². The Balaban J connectivity index is 1.83. The van der Waals surface area contributed by atoms with Crippen LogP contribution in [-0.2, 0) is 9.84 Å². The van der Waals surface area contributed by atoms with E-state index in [1.54, 1.807) is 6.20 Å². The minimum Gasteiger partial charge on any atom is -0.354 e. The monoisotopic (exact) mass is 361 g/mol. The van der Waals surface area contributed by atoms with Crippen LogP contribution >= 0.6 is 0 Å². The van der Waals surface area contributed by atoms with Gasteiger partial charge in [-0.2, -0.15) is 10.1 Å². The van der Waals surface area contributed by atoms with Crippen LogP contribution in [0.3, 0.4) is 0 Å². The van der Waals surface area contributed by atoms with Crippen LogP contribution in [0.5, 0.6) is 0 Å². The van der Waals surface area contributed by atoms with Crippen molar-refractivity contribution >= 4 is 27.3 Å². The predicted octanol–water partition coefficient (Wildman–Crippen LogP) is 2.16. The normalized spacial score (nSPS) is 19.0. The molecule has 25 heavy (non-hydrogen) atoms. The molecule has 1 aromatic carbocycles. The smallest absolute Gasteiger partial charge is 0.249 e. The van der Waals surface area contributed by atoms with Crippen LogP contribution < -0.4 is 10.2 Å². The van der Waals surface area contributed by atoms with Crippen molar-refractivity contribution < 1.29 is 8.42 Å². The Morgan fingerprint density at radius 3 is 2.48 bits per heavy atom. The van der Waals surface area contributed by atoms with Crippen molar-refractivity contribution in [1.29, 1.82) is 0 Å². The maximum Gasteiger partial charge on any atom is 0.249 e. The van der Waals surface area contributed by atoms with Crippen LogP contribution in [0.4, 0.5) is 17.5 Å². The highest BCUT2D eigenvalue weighted by Crippen LogP contribution is 2.26. The second-order valence-electron chi connectivity index (χ2n) is 6.70. The molecule has 0 aliphatic carbocycles. The molecule has 1 aliphatic rings. The molecule has 3 rings (SSSR count). The zero-order chi connectivity index (χ0) is 18.2. The Morgan fingerprint density at radius 1 is 1.20 bits per heavy atom. The fourth-order valence-corrected chi connectivity index (χ4v) is 5.05. The molecule has 1 fully saturated rings. The molecular formula is C17H23N5O2S. The molecular weight excluding hydrogens is 338 g/mol. The summed E-state index contributed by atoms with van der Waals surface area (Å²) in [6.07, 6.45) is 2.17. The van der Waals surface area contributed by atoms with Crippen molar-refractivity contribution in [3.8, 4) is 0 Å². The molecule has 0 spiro atoms. The summed E-state index contributed by atoms with van der Waals surface area (Å²) in [5.41, 5.74) is 4.40. The zero-order valence-corrected chi connectivity index (χ0v) is 15.8. The van der Waals surface area contributed by atoms with E-state index in [2.05, 4.69) is 39.6 Å². The average Bonchev–Trinajstić information content (AvgIpc) is 2.90. The molecule has 134 valence electrons. The second-order valence-corrected chi connectivity index (χ2v) is 8.93. The van der Waals surface area contributed by atoms with Gasteiger partial charge in [0.2, 0.25) is 5.95 Å². The fraction of sp³-hybridized carbons (Fsp3) is 0.471. The summed E-state index contributed by atoms with van der Waals surface area (Å²) in [6, 6.07) is 4.13. The first-order valence-corrected chi connectivity index (χ1v) is 10.0. The second kappa shape index (κ2) is 6.59. The van der Waals surface area contributed by atoms with Gasteiger partial charge < -0.3 is 10.2 Å². The average molecular weight is 361 g/mol. The van der Waals surface area contributed by atoms with E-state index in [0.717, 1.165) is 16.8 Å². The molecule has 1 atom stereocenters. The molecule has 1 N–H and O–H groups in total. The number of nitrogens with zero attached hydrogens (tertiary/aromatic N) is 4. The lowest BCUT2D eigenvalue weighted by Gasteiger charge is -2.24. The van der Waals surface area contributed by atoms with E-state index >= 15 is 0 Å². The predicted molar refractivity (Wildman–Crippen MR) is 99.2 cm³/mol. The van der Waals surface area contributed by atoms with E-state index < -0.39 is 9.84 Å². The quantitative estimate of drug-likeness (QED) is 0.893. The molecule has 1 aromatic heterocycles. The first-order valence-electron chi connectivity index (χ1n) is 8.23. The number of aromatic nitrogens is 3. The van der Waals surface area contributed by atoms with Gasteiger partial charge in [0.05, 0.1) is 17.7 Å². The van der Waals surface area contributed by atoms with Gasteiger partial charge in [0.25, 0.3) is 0 Å². The number of hydrogen-bond acceptors (Lipinski definition) is 7.